The predicted molar refractivity (Wildman–Crippen MR) is 42.1 cm³/mol. The highest BCUT2D eigenvalue weighted by atomic mass is 35.5. The van der Waals surface area contributed by atoms with Crippen LogP contribution in [0.15, 0.2) is 16.6 Å². The minimum atomic E-state index is -4.73. The molecule has 2 nitrogen and oxygen atoms in total. The van der Waals surface area contributed by atoms with Crippen molar-refractivity contribution in [3.63, 3.8) is 0 Å². The van der Waals surface area contributed by atoms with E-state index >= 15 is 0 Å². The van der Waals surface area contributed by atoms with Crippen molar-refractivity contribution in [2.75, 3.05) is 0 Å². The Kier molecular flexibility index (Phi) is 2.42. The van der Waals surface area contributed by atoms with Gasteiger partial charge in [-0.15, -0.1) is 0 Å². The molecule has 0 aromatic carbocycles. The number of alkyl halides is 5. The van der Waals surface area contributed by atoms with Gasteiger partial charge >= 0.3 is 6.18 Å². The first-order valence-electron chi connectivity index (χ1n) is 3.00. The lowest BCUT2D eigenvalue weighted by molar-refractivity contribution is -0.115. The lowest BCUT2D eigenvalue weighted by Gasteiger charge is -2.22. The van der Waals surface area contributed by atoms with Crippen LogP contribution in [0.2, 0.25) is 0 Å². The van der Waals surface area contributed by atoms with E-state index in [-0.39, 0.29) is 6.08 Å². The molecule has 0 bridgehead atoms. The molecule has 0 N–H and O–H groups in total. The van der Waals surface area contributed by atoms with Crippen molar-refractivity contribution in [3.8, 4) is 0 Å². The highest BCUT2D eigenvalue weighted by Crippen LogP contribution is 2.41. The van der Waals surface area contributed by atoms with Gasteiger partial charge in [-0.05, 0) is 0 Å². The summed E-state index contributed by atoms with van der Waals surface area (Å²) in [6.07, 6.45) is -3.90. The zero-order valence-electron chi connectivity index (χ0n) is 5.90. The van der Waals surface area contributed by atoms with E-state index in [4.69, 9.17) is 23.2 Å². The molecule has 13 heavy (non-hydrogen) atoms. The largest absolute Gasteiger partial charge is 0.416 e. The van der Waals surface area contributed by atoms with E-state index in [1.165, 1.54) is 0 Å². The lowest BCUT2D eigenvalue weighted by atomic mass is 10.1. The van der Waals surface area contributed by atoms with Crippen molar-refractivity contribution < 1.29 is 18.0 Å². The molecule has 1 amide bonds. The van der Waals surface area contributed by atoms with Gasteiger partial charge in [0.05, 0.1) is 5.57 Å². The Labute approximate surface area is 81.0 Å². The molecule has 0 spiro atoms. The zero-order valence-corrected chi connectivity index (χ0v) is 7.41. The predicted octanol–water partition coefficient (Wildman–Crippen LogP) is 2.26. The number of dihydropyridines is 1. The fourth-order valence-electron chi connectivity index (χ4n) is 0.742. The number of rotatable bonds is 0. The summed E-state index contributed by atoms with van der Waals surface area (Å²) in [5.74, 6) is -1.02. The number of allylic oxidation sites excluding steroid dienone is 1. The van der Waals surface area contributed by atoms with Crippen LogP contribution in [0.1, 0.15) is 0 Å². The monoisotopic (exact) mass is 231 g/mol. The highest BCUT2D eigenvalue weighted by molar-refractivity contribution is 6.59. The summed E-state index contributed by atoms with van der Waals surface area (Å²) in [5.41, 5.74) is -1.32. The van der Waals surface area contributed by atoms with E-state index in [9.17, 15) is 18.0 Å². The molecule has 0 saturated carbocycles. The summed E-state index contributed by atoms with van der Waals surface area (Å²) in [7, 11) is 0. The Morgan fingerprint density at radius 2 is 1.92 bits per heavy atom. The number of carbonyl (C=O) groups is 1. The molecule has 1 rings (SSSR count). The summed E-state index contributed by atoms with van der Waals surface area (Å²) in [6.45, 7) is 0. The molecule has 0 unspecified atom stereocenters. The van der Waals surface area contributed by atoms with Gasteiger partial charge in [-0.1, -0.05) is 23.2 Å². The number of halogens is 5. The van der Waals surface area contributed by atoms with E-state index in [2.05, 4.69) is 4.99 Å². The molecule has 0 radical (unpaired) electrons. The first kappa shape index (κ1) is 10.5. The Hall–Kier alpha value is -0.550. The van der Waals surface area contributed by atoms with Crippen LogP contribution in [0.3, 0.4) is 0 Å². The first-order valence-corrected chi connectivity index (χ1v) is 3.75. The van der Waals surface area contributed by atoms with Crippen molar-refractivity contribution in [3.05, 3.63) is 11.6 Å². The fraction of sp³-hybridized carbons (Fsp3) is 0.333. The van der Waals surface area contributed by atoms with Gasteiger partial charge in [-0.2, -0.15) is 13.2 Å². The van der Waals surface area contributed by atoms with Crippen LogP contribution >= 0.6 is 23.2 Å². The van der Waals surface area contributed by atoms with Gasteiger partial charge in [0.1, 0.15) is 0 Å². The SMILES string of the molecule is O=C1C=C(C(F)(F)F)C(Cl)(Cl)C=N1. The molecular formula is C6H2Cl2F3NO. The van der Waals surface area contributed by atoms with E-state index < -0.39 is 22.0 Å². The van der Waals surface area contributed by atoms with Gasteiger partial charge in [0.2, 0.25) is 0 Å². The quantitative estimate of drug-likeness (QED) is 0.589. The van der Waals surface area contributed by atoms with Crippen molar-refractivity contribution in [2.24, 2.45) is 4.99 Å². The van der Waals surface area contributed by atoms with Crippen LogP contribution in [0.5, 0.6) is 0 Å². The lowest BCUT2D eigenvalue weighted by Crippen LogP contribution is -2.32. The number of hydrogen-bond acceptors (Lipinski definition) is 1. The van der Waals surface area contributed by atoms with Crippen LogP contribution in [0.25, 0.3) is 0 Å². The van der Waals surface area contributed by atoms with Gasteiger partial charge in [0.15, 0.2) is 4.33 Å². The highest BCUT2D eigenvalue weighted by Gasteiger charge is 2.47. The van der Waals surface area contributed by atoms with Crippen LogP contribution in [-0.2, 0) is 4.79 Å². The summed E-state index contributed by atoms with van der Waals surface area (Å²) >= 11 is 10.5. The molecule has 0 aromatic heterocycles. The van der Waals surface area contributed by atoms with E-state index in [0.29, 0.717) is 6.21 Å². The van der Waals surface area contributed by atoms with Gasteiger partial charge in [0.25, 0.3) is 5.91 Å². The van der Waals surface area contributed by atoms with Crippen molar-refractivity contribution >= 4 is 35.3 Å². The van der Waals surface area contributed by atoms with Gasteiger partial charge < -0.3 is 0 Å². The molecule has 0 aromatic rings. The van der Waals surface area contributed by atoms with Crippen LogP contribution in [0, 0.1) is 0 Å². The first-order chi connectivity index (χ1) is 5.73. The zero-order chi connectivity index (χ0) is 10.3. The van der Waals surface area contributed by atoms with Gasteiger partial charge in [0, 0.05) is 12.3 Å². The Morgan fingerprint density at radius 3 is 2.31 bits per heavy atom. The standard InChI is InChI=1S/C6H2Cl2F3NO/c7-5(8)2-12-4(13)1-3(5)6(9,10)11/h1-2H. The topological polar surface area (TPSA) is 29.4 Å². The fourth-order valence-corrected chi connectivity index (χ4v) is 1.16. The average Bonchev–Trinajstić information content (AvgIpc) is 1.92. The number of aliphatic imine (C=N–C) groups is 1. The third kappa shape index (κ3) is 2.22. The van der Waals surface area contributed by atoms with E-state index in [1.54, 1.807) is 0 Å². The van der Waals surface area contributed by atoms with Gasteiger partial charge in [-0.25, -0.2) is 4.99 Å². The molecule has 1 aliphatic rings. The Morgan fingerprint density at radius 1 is 1.38 bits per heavy atom. The molecular weight excluding hydrogens is 230 g/mol. The second kappa shape index (κ2) is 2.99. The van der Waals surface area contributed by atoms with Gasteiger partial charge in [-0.3, -0.25) is 4.79 Å². The molecule has 1 heterocycles. The molecule has 0 fully saturated rings. The second-order valence-corrected chi connectivity index (χ2v) is 3.66. The maximum absolute atomic E-state index is 12.2. The average molecular weight is 232 g/mol. The number of hydrogen-bond donors (Lipinski definition) is 0. The number of carbonyl (C=O) groups excluding carboxylic acids is 1. The third-order valence-electron chi connectivity index (χ3n) is 1.29. The molecule has 0 atom stereocenters. The van der Waals surface area contributed by atoms with Crippen molar-refractivity contribution in [1.29, 1.82) is 0 Å². The van der Waals surface area contributed by atoms with Crippen LogP contribution in [-0.4, -0.2) is 22.6 Å². The maximum Gasteiger partial charge on any atom is 0.416 e. The molecule has 0 aliphatic carbocycles. The maximum atomic E-state index is 12.2. The molecule has 1 aliphatic heterocycles. The summed E-state index contributed by atoms with van der Waals surface area (Å²) < 4.78 is 34.2. The van der Waals surface area contributed by atoms with Crippen LogP contribution < -0.4 is 0 Å². The number of nitrogens with zero attached hydrogens (tertiary/aromatic N) is 1. The summed E-state index contributed by atoms with van der Waals surface area (Å²) in [5, 5.41) is 0. The molecule has 72 valence electrons. The Balaban J connectivity index is 3.13. The summed E-state index contributed by atoms with van der Waals surface area (Å²) in [6, 6.07) is 0. The van der Waals surface area contributed by atoms with Crippen molar-refractivity contribution in [2.45, 2.75) is 10.5 Å². The normalized spacial score (nSPS) is 21.6. The summed E-state index contributed by atoms with van der Waals surface area (Å²) in [4.78, 5) is 13.6. The van der Waals surface area contributed by atoms with E-state index in [1.807, 2.05) is 0 Å². The van der Waals surface area contributed by atoms with Crippen molar-refractivity contribution in [1.82, 2.24) is 0 Å². The smallest absolute Gasteiger partial charge is 0.267 e. The third-order valence-corrected chi connectivity index (χ3v) is 1.89. The minimum Gasteiger partial charge on any atom is -0.267 e. The Bertz CT molecular complexity index is 305. The minimum absolute atomic E-state index is 0.278. The molecule has 0 saturated heterocycles. The molecule has 7 heteroatoms. The van der Waals surface area contributed by atoms with Crippen LogP contribution in [0.4, 0.5) is 13.2 Å². The number of amides is 1. The van der Waals surface area contributed by atoms with E-state index in [0.717, 1.165) is 0 Å². The second-order valence-electron chi connectivity index (χ2n) is 2.28.